The van der Waals surface area contributed by atoms with Gasteiger partial charge in [0.15, 0.2) is 0 Å². The van der Waals surface area contributed by atoms with Gasteiger partial charge in [-0.2, -0.15) is 5.10 Å². The Balaban J connectivity index is 2.09. The van der Waals surface area contributed by atoms with Crippen molar-refractivity contribution < 1.29 is 5.11 Å². The van der Waals surface area contributed by atoms with E-state index in [2.05, 4.69) is 22.6 Å². The lowest BCUT2D eigenvalue weighted by molar-refractivity contribution is 0.125. The number of nitrogens with zero attached hydrogens (tertiary/aromatic N) is 2. The van der Waals surface area contributed by atoms with Crippen LogP contribution in [0, 0.1) is 0 Å². The Morgan fingerprint density at radius 3 is 3.20 bits per heavy atom. The molecule has 1 atom stereocenters. The second-order valence-corrected chi connectivity index (χ2v) is 4.84. The highest BCUT2D eigenvalue weighted by molar-refractivity contribution is 7.12. The van der Waals surface area contributed by atoms with Crippen molar-refractivity contribution in [3.63, 3.8) is 0 Å². The van der Waals surface area contributed by atoms with Crippen molar-refractivity contribution in [3.8, 4) is 0 Å². The van der Waals surface area contributed by atoms with Gasteiger partial charge < -0.3 is 5.11 Å². The summed E-state index contributed by atoms with van der Waals surface area (Å²) in [5, 5.41) is 17.9. The molecule has 0 spiro atoms. The zero-order chi connectivity index (χ0) is 10.7. The highest BCUT2D eigenvalue weighted by atomic mass is 32.1. The number of rotatable bonds is 3. The third-order valence-corrected chi connectivity index (χ3v) is 3.29. The molecule has 0 fully saturated rings. The Hall–Kier alpha value is -0.870. The van der Waals surface area contributed by atoms with Crippen LogP contribution in [0.1, 0.15) is 24.6 Å². The fourth-order valence-electron chi connectivity index (χ4n) is 1.75. The highest BCUT2D eigenvalue weighted by Crippen LogP contribution is 2.18. The summed E-state index contributed by atoms with van der Waals surface area (Å²) in [6.07, 6.45) is 1.87. The summed E-state index contributed by atoms with van der Waals surface area (Å²) < 4.78 is 0. The molecule has 0 radical (unpaired) electrons. The van der Waals surface area contributed by atoms with Gasteiger partial charge in [-0.1, -0.05) is 6.07 Å². The molecule has 4 heteroatoms. The van der Waals surface area contributed by atoms with E-state index in [9.17, 15) is 5.11 Å². The fourth-order valence-corrected chi connectivity index (χ4v) is 2.49. The second-order valence-electron chi connectivity index (χ2n) is 3.89. The summed E-state index contributed by atoms with van der Waals surface area (Å²) in [6, 6.07) is 4.16. The normalized spacial score (nSPS) is 18.8. The smallest absolute Gasteiger partial charge is 0.0777 e. The van der Waals surface area contributed by atoms with Crippen molar-refractivity contribution in [2.75, 3.05) is 13.1 Å². The number of hydrogen-bond donors (Lipinski definition) is 1. The molecular weight excluding hydrogens is 208 g/mol. The van der Waals surface area contributed by atoms with E-state index in [0.717, 1.165) is 25.1 Å². The average Bonchev–Trinajstić information content (AvgIpc) is 2.69. The van der Waals surface area contributed by atoms with E-state index in [0.29, 0.717) is 6.54 Å². The Morgan fingerprint density at radius 2 is 2.53 bits per heavy atom. The largest absolute Gasteiger partial charge is 0.392 e. The number of aliphatic hydroxyl groups is 1. The molecule has 3 nitrogen and oxygen atoms in total. The van der Waals surface area contributed by atoms with Crippen LogP contribution in [0.15, 0.2) is 22.6 Å². The molecule has 1 N–H and O–H groups in total. The number of thiophene rings is 1. The van der Waals surface area contributed by atoms with Gasteiger partial charge in [0.05, 0.1) is 23.2 Å². The number of aliphatic hydroxyl groups excluding tert-OH is 1. The van der Waals surface area contributed by atoms with Crippen molar-refractivity contribution in [1.29, 1.82) is 0 Å². The molecule has 0 saturated carbocycles. The lowest BCUT2D eigenvalue weighted by atomic mass is 10.1. The maximum absolute atomic E-state index is 9.31. The van der Waals surface area contributed by atoms with Gasteiger partial charge >= 0.3 is 0 Å². The van der Waals surface area contributed by atoms with Crippen molar-refractivity contribution in [2.24, 2.45) is 5.10 Å². The minimum absolute atomic E-state index is 0.309. The minimum Gasteiger partial charge on any atom is -0.392 e. The van der Waals surface area contributed by atoms with Crippen LogP contribution >= 0.6 is 11.3 Å². The first-order chi connectivity index (χ1) is 7.25. The van der Waals surface area contributed by atoms with E-state index in [1.807, 2.05) is 5.01 Å². The molecule has 1 aliphatic heterocycles. The van der Waals surface area contributed by atoms with E-state index in [1.165, 1.54) is 4.88 Å². The molecule has 0 saturated heterocycles. The van der Waals surface area contributed by atoms with Crippen molar-refractivity contribution in [2.45, 2.75) is 25.9 Å². The quantitative estimate of drug-likeness (QED) is 0.851. The zero-order valence-electron chi connectivity index (χ0n) is 8.89. The lowest BCUT2D eigenvalue weighted by Gasteiger charge is -2.25. The second kappa shape index (κ2) is 4.77. The summed E-state index contributed by atoms with van der Waals surface area (Å²) in [4.78, 5) is 1.25. The summed E-state index contributed by atoms with van der Waals surface area (Å²) >= 11 is 1.73. The first kappa shape index (κ1) is 10.6. The highest BCUT2D eigenvalue weighted by Gasteiger charge is 2.15. The van der Waals surface area contributed by atoms with Crippen LogP contribution < -0.4 is 0 Å². The fraction of sp³-hybridized carbons (Fsp3) is 0.545. The molecule has 1 aliphatic rings. The van der Waals surface area contributed by atoms with Gasteiger partial charge in [0.1, 0.15) is 0 Å². The van der Waals surface area contributed by atoms with Crippen molar-refractivity contribution >= 4 is 17.0 Å². The topological polar surface area (TPSA) is 35.8 Å². The van der Waals surface area contributed by atoms with Gasteiger partial charge in [-0.3, -0.25) is 5.01 Å². The third kappa shape index (κ3) is 2.79. The summed E-state index contributed by atoms with van der Waals surface area (Å²) in [5.41, 5.74) is 1.16. The predicted molar refractivity (Wildman–Crippen MR) is 63.3 cm³/mol. The Bertz CT molecular complexity index is 332. The molecule has 1 aromatic rings. The average molecular weight is 224 g/mol. The van der Waals surface area contributed by atoms with E-state index < -0.39 is 0 Å². The molecule has 1 unspecified atom stereocenters. The monoisotopic (exact) mass is 224 g/mol. The minimum atomic E-state index is -0.309. The van der Waals surface area contributed by atoms with E-state index in [1.54, 1.807) is 18.3 Å². The van der Waals surface area contributed by atoms with Gasteiger partial charge in [-0.05, 0) is 31.2 Å². The maximum atomic E-state index is 9.31. The van der Waals surface area contributed by atoms with Gasteiger partial charge in [-0.15, -0.1) is 11.3 Å². The summed E-state index contributed by atoms with van der Waals surface area (Å²) in [7, 11) is 0. The van der Waals surface area contributed by atoms with Gasteiger partial charge in [0.2, 0.25) is 0 Å². The zero-order valence-corrected chi connectivity index (χ0v) is 9.70. The molecule has 0 aliphatic carbocycles. The van der Waals surface area contributed by atoms with Crippen LogP contribution in [0.3, 0.4) is 0 Å². The predicted octanol–water partition coefficient (Wildman–Crippen LogP) is 1.93. The van der Waals surface area contributed by atoms with E-state index in [-0.39, 0.29) is 6.10 Å². The van der Waals surface area contributed by atoms with Crippen molar-refractivity contribution in [3.05, 3.63) is 22.4 Å². The SMILES string of the molecule is CC(O)CN1CCCC(c2cccs2)=N1. The van der Waals surface area contributed by atoms with Gasteiger partial charge in [0, 0.05) is 6.54 Å². The number of hydrazone groups is 1. The molecule has 15 heavy (non-hydrogen) atoms. The molecule has 2 rings (SSSR count). The van der Waals surface area contributed by atoms with Crippen LogP contribution in [0.4, 0.5) is 0 Å². The van der Waals surface area contributed by atoms with Crippen molar-refractivity contribution in [1.82, 2.24) is 5.01 Å². The van der Waals surface area contributed by atoms with Gasteiger partial charge in [0.25, 0.3) is 0 Å². The Labute approximate surface area is 94.0 Å². The molecular formula is C11H16N2OS. The molecule has 0 bridgehead atoms. The van der Waals surface area contributed by atoms with Crippen LogP contribution in [0.2, 0.25) is 0 Å². The summed E-state index contributed by atoms with van der Waals surface area (Å²) in [5.74, 6) is 0. The lowest BCUT2D eigenvalue weighted by Crippen LogP contribution is -2.31. The maximum Gasteiger partial charge on any atom is 0.0777 e. The van der Waals surface area contributed by atoms with Crippen LogP contribution in [-0.4, -0.2) is 35.0 Å². The first-order valence-corrected chi connectivity index (χ1v) is 6.18. The standard InChI is InChI=1S/C11H16N2OS/c1-9(14)8-13-6-2-4-10(12-13)11-5-3-7-15-11/h3,5,7,9,14H,2,4,6,8H2,1H3. The molecule has 82 valence electrons. The third-order valence-electron chi connectivity index (χ3n) is 2.37. The number of β-amino-alcohol motifs (C(OH)–C–C–N with tert-alkyl or cyclic N) is 1. The summed E-state index contributed by atoms with van der Waals surface area (Å²) in [6.45, 7) is 3.39. The molecule has 0 amide bonds. The van der Waals surface area contributed by atoms with Crippen LogP contribution in [0.5, 0.6) is 0 Å². The van der Waals surface area contributed by atoms with Gasteiger partial charge in [-0.25, -0.2) is 0 Å². The molecule has 0 aromatic carbocycles. The Kier molecular flexibility index (Phi) is 3.38. The van der Waals surface area contributed by atoms with Crippen LogP contribution in [-0.2, 0) is 0 Å². The van der Waals surface area contributed by atoms with Crippen LogP contribution in [0.25, 0.3) is 0 Å². The number of hydrogen-bond acceptors (Lipinski definition) is 4. The Morgan fingerprint density at radius 1 is 1.67 bits per heavy atom. The van der Waals surface area contributed by atoms with E-state index >= 15 is 0 Å². The van der Waals surface area contributed by atoms with E-state index in [4.69, 9.17) is 0 Å². The molecule has 1 aromatic heterocycles. The first-order valence-electron chi connectivity index (χ1n) is 5.30. The molecule has 2 heterocycles.